The Labute approximate surface area is 95.6 Å². The lowest BCUT2D eigenvalue weighted by molar-refractivity contribution is -0.153. The molecule has 0 spiro atoms. The van der Waals surface area contributed by atoms with Gasteiger partial charge >= 0.3 is 5.97 Å². The van der Waals surface area contributed by atoms with Gasteiger partial charge in [-0.2, -0.15) is 0 Å². The number of esters is 1. The molecule has 0 bridgehead atoms. The first kappa shape index (κ1) is 11.7. The van der Waals surface area contributed by atoms with Crippen molar-refractivity contribution < 1.29 is 9.53 Å². The molecule has 0 saturated carbocycles. The fraction of sp³-hybridized carbons (Fsp3) is 0.556. The Morgan fingerprint density at radius 2 is 2.29 bits per heavy atom. The molecule has 0 aliphatic rings. The quantitative estimate of drug-likeness (QED) is 0.781. The third-order valence-corrected chi connectivity index (χ3v) is 2.68. The SMILES string of the molecule is CC(C)(C)OC(=O)Cc1csc(Br)n1. The molecule has 1 aromatic heterocycles. The average Bonchev–Trinajstić information content (AvgIpc) is 2.30. The molecule has 0 radical (unpaired) electrons. The number of thiazole rings is 1. The first-order valence-electron chi connectivity index (χ1n) is 4.18. The van der Waals surface area contributed by atoms with E-state index in [1.165, 1.54) is 11.3 Å². The van der Waals surface area contributed by atoms with Gasteiger partial charge in [0.2, 0.25) is 0 Å². The molecule has 5 heteroatoms. The molecule has 1 heterocycles. The largest absolute Gasteiger partial charge is 0.460 e. The number of aromatic nitrogens is 1. The van der Waals surface area contributed by atoms with Crippen LogP contribution in [0.5, 0.6) is 0 Å². The Morgan fingerprint density at radius 3 is 2.71 bits per heavy atom. The zero-order valence-electron chi connectivity index (χ0n) is 8.33. The van der Waals surface area contributed by atoms with Crippen molar-refractivity contribution in [2.45, 2.75) is 32.8 Å². The van der Waals surface area contributed by atoms with Gasteiger partial charge in [-0.25, -0.2) is 4.98 Å². The first-order chi connectivity index (χ1) is 6.37. The minimum Gasteiger partial charge on any atom is -0.460 e. The van der Waals surface area contributed by atoms with Gasteiger partial charge in [-0.1, -0.05) is 0 Å². The number of carbonyl (C=O) groups excluding carboxylic acids is 1. The Balaban J connectivity index is 2.50. The summed E-state index contributed by atoms with van der Waals surface area (Å²) in [6.45, 7) is 5.55. The lowest BCUT2D eigenvalue weighted by Crippen LogP contribution is -2.24. The smallest absolute Gasteiger partial charge is 0.312 e. The van der Waals surface area contributed by atoms with Crippen molar-refractivity contribution in [1.82, 2.24) is 4.98 Å². The van der Waals surface area contributed by atoms with Crippen molar-refractivity contribution in [2.24, 2.45) is 0 Å². The van der Waals surface area contributed by atoms with Gasteiger partial charge in [-0.3, -0.25) is 4.79 Å². The number of carbonyl (C=O) groups is 1. The Morgan fingerprint density at radius 1 is 1.64 bits per heavy atom. The maximum atomic E-state index is 11.4. The van der Waals surface area contributed by atoms with Crippen LogP contribution < -0.4 is 0 Å². The van der Waals surface area contributed by atoms with E-state index < -0.39 is 5.60 Å². The van der Waals surface area contributed by atoms with E-state index in [-0.39, 0.29) is 12.4 Å². The molecule has 0 aromatic carbocycles. The third kappa shape index (κ3) is 4.19. The van der Waals surface area contributed by atoms with Gasteiger partial charge < -0.3 is 4.74 Å². The highest BCUT2D eigenvalue weighted by molar-refractivity contribution is 9.11. The normalized spacial score (nSPS) is 11.4. The topological polar surface area (TPSA) is 39.2 Å². The molecule has 0 N–H and O–H groups in total. The monoisotopic (exact) mass is 277 g/mol. The van der Waals surface area contributed by atoms with E-state index in [1.54, 1.807) is 0 Å². The number of ether oxygens (including phenoxy) is 1. The highest BCUT2D eigenvalue weighted by atomic mass is 79.9. The second kappa shape index (κ2) is 4.40. The van der Waals surface area contributed by atoms with Crippen LogP contribution in [0.3, 0.4) is 0 Å². The molecule has 1 aromatic rings. The van der Waals surface area contributed by atoms with Crippen LogP contribution in [0, 0.1) is 0 Å². The molecule has 0 fully saturated rings. The lowest BCUT2D eigenvalue weighted by atomic mass is 10.2. The summed E-state index contributed by atoms with van der Waals surface area (Å²) >= 11 is 4.70. The van der Waals surface area contributed by atoms with Gasteiger partial charge in [0.05, 0.1) is 12.1 Å². The minimum atomic E-state index is -0.426. The van der Waals surface area contributed by atoms with Gasteiger partial charge in [0.25, 0.3) is 0 Å². The molecule has 78 valence electrons. The summed E-state index contributed by atoms with van der Waals surface area (Å²) in [7, 11) is 0. The van der Waals surface area contributed by atoms with Gasteiger partial charge in [-0.05, 0) is 36.7 Å². The predicted molar refractivity (Wildman–Crippen MR) is 59.4 cm³/mol. The van der Waals surface area contributed by atoms with Crippen LogP contribution in [0.1, 0.15) is 26.5 Å². The predicted octanol–water partition coefficient (Wildman–Crippen LogP) is 2.79. The van der Waals surface area contributed by atoms with Crippen LogP contribution in [-0.4, -0.2) is 16.6 Å². The minimum absolute atomic E-state index is 0.235. The van der Waals surface area contributed by atoms with Crippen LogP contribution in [0.15, 0.2) is 9.30 Å². The molecular formula is C9H12BrNO2S. The van der Waals surface area contributed by atoms with Gasteiger partial charge in [-0.15, -0.1) is 11.3 Å². The highest BCUT2D eigenvalue weighted by Crippen LogP contribution is 2.17. The molecule has 0 aliphatic heterocycles. The molecule has 0 atom stereocenters. The van der Waals surface area contributed by atoms with Crippen LogP contribution >= 0.6 is 27.3 Å². The average molecular weight is 278 g/mol. The second-order valence-corrected chi connectivity index (χ2v) is 5.99. The van der Waals surface area contributed by atoms with Crippen molar-refractivity contribution in [3.63, 3.8) is 0 Å². The Kier molecular flexibility index (Phi) is 3.66. The number of hydrogen-bond donors (Lipinski definition) is 0. The van der Waals surface area contributed by atoms with E-state index in [0.29, 0.717) is 0 Å². The highest BCUT2D eigenvalue weighted by Gasteiger charge is 2.17. The lowest BCUT2D eigenvalue weighted by Gasteiger charge is -2.18. The van der Waals surface area contributed by atoms with E-state index in [1.807, 2.05) is 26.2 Å². The number of halogens is 1. The molecular weight excluding hydrogens is 266 g/mol. The maximum Gasteiger partial charge on any atom is 0.312 e. The summed E-state index contributed by atoms with van der Waals surface area (Å²) < 4.78 is 5.95. The van der Waals surface area contributed by atoms with Crippen molar-refractivity contribution in [3.8, 4) is 0 Å². The van der Waals surface area contributed by atoms with E-state index in [9.17, 15) is 4.79 Å². The molecule has 0 amide bonds. The van der Waals surface area contributed by atoms with Crippen molar-refractivity contribution >= 4 is 33.2 Å². The molecule has 0 aliphatic carbocycles. The van der Waals surface area contributed by atoms with Gasteiger partial charge in [0.15, 0.2) is 3.92 Å². The summed E-state index contributed by atoms with van der Waals surface area (Å²) in [5.74, 6) is -0.240. The van der Waals surface area contributed by atoms with Crippen LogP contribution in [0.2, 0.25) is 0 Å². The Hall–Kier alpha value is -0.420. The van der Waals surface area contributed by atoms with E-state index in [4.69, 9.17) is 4.74 Å². The van der Waals surface area contributed by atoms with Crippen molar-refractivity contribution in [3.05, 3.63) is 15.0 Å². The van der Waals surface area contributed by atoms with Crippen LogP contribution in [0.4, 0.5) is 0 Å². The molecule has 3 nitrogen and oxygen atoms in total. The summed E-state index contributed by atoms with van der Waals surface area (Å²) in [4.78, 5) is 15.5. The van der Waals surface area contributed by atoms with E-state index in [0.717, 1.165) is 9.61 Å². The molecule has 14 heavy (non-hydrogen) atoms. The summed E-state index contributed by atoms with van der Waals surface area (Å²) in [5, 5.41) is 1.84. The van der Waals surface area contributed by atoms with Crippen LogP contribution in [0.25, 0.3) is 0 Å². The summed E-state index contributed by atoms with van der Waals surface area (Å²) in [6, 6.07) is 0. The van der Waals surface area contributed by atoms with E-state index in [2.05, 4.69) is 20.9 Å². The van der Waals surface area contributed by atoms with E-state index >= 15 is 0 Å². The standard InChI is InChI=1S/C9H12BrNO2S/c1-9(2,3)13-7(12)4-6-5-14-8(10)11-6/h5H,4H2,1-3H3. The number of rotatable bonds is 2. The maximum absolute atomic E-state index is 11.4. The second-order valence-electron chi connectivity index (χ2n) is 3.86. The van der Waals surface area contributed by atoms with Crippen molar-refractivity contribution in [2.75, 3.05) is 0 Å². The zero-order chi connectivity index (χ0) is 10.8. The van der Waals surface area contributed by atoms with Gasteiger partial charge in [0.1, 0.15) is 5.60 Å². The van der Waals surface area contributed by atoms with Crippen molar-refractivity contribution in [1.29, 1.82) is 0 Å². The van der Waals surface area contributed by atoms with Crippen LogP contribution in [-0.2, 0) is 16.0 Å². The zero-order valence-corrected chi connectivity index (χ0v) is 10.7. The fourth-order valence-electron chi connectivity index (χ4n) is 0.889. The Bertz CT molecular complexity index is 330. The fourth-order valence-corrected chi connectivity index (χ4v) is 1.94. The number of hydrogen-bond acceptors (Lipinski definition) is 4. The molecule has 0 saturated heterocycles. The third-order valence-electron chi connectivity index (χ3n) is 1.27. The first-order valence-corrected chi connectivity index (χ1v) is 5.86. The van der Waals surface area contributed by atoms with Gasteiger partial charge in [0, 0.05) is 5.38 Å². The summed E-state index contributed by atoms with van der Waals surface area (Å²) in [6.07, 6.45) is 0.235. The summed E-state index contributed by atoms with van der Waals surface area (Å²) in [5.41, 5.74) is 0.320. The molecule has 1 rings (SSSR count). The molecule has 0 unspecified atom stereocenters. The number of nitrogens with zero attached hydrogens (tertiary/aromatic N) is 1.